The summed E-state index contributed by atoms with van der Waals surface area (Å²) in [7, 11) is 1.63. The minimum absolute atomic E-state index is 0.0909. The maximum atomic E-state index is 12.7. The molecule has 1 aliphatic rings. The van der Waals surface area contributed by atoms with Crippen molar-refractivity contribution >= 4 is 23.5 Å². The Morgan fingerprint density at radius 1 is 1.25 bits per heavy atom. The summed E-state index contributed by atoms with van der Waals surface area (Å²) in [6.07, 6.45) is 5.86. The Morgan fingerprint density at radius 3 is 2.54 bits per heavy atom. The van der Waals surface area contributed by atoms with Gasteiger partial charge in [0.2, 0.25) is 5.91 Å². The van der Waals surface area contributed by atoms with Gasteiger partial charge in [-0.05, 0) is 56.5 Å². The van der Waals surface area contributed by atoms with E-state index in [0.717, 1.165) is 34.7 Å². The van der Waals surface area contributed by atoms with E-state index in [4.69, 9.17) is 4.74 Å². The number of thioether (sulfide) groups is 1. The van der Waals surface area contributed by atoms with Crippen LogP contribution < -0.4 is 10.1 Å². The van der Waals surface area contributed by atoms with Crippen LogP contribution in [0.2, 0.25) is 0 Å². The maximum absolute atomic E-state index is 12.7. The standard InChI is InChI=1S/C22H27N3O2S/c1-15-16(2)25(17-7-5-4-6-8-17)22(20(15)13-23)24-21(26)14-28-19-11-9-18(27-3)10-12-19/h9-12,17H,4-8,14H2,1-3H3,(H,24,26). The topological polar surface area (TPSA) is 67.0 Å². The molecule has 2 aromatic rings. The first-order chi connectivity index (χ1) is 13.5. The fraction of sp³-hybridized carbons (Fsp3) is 0.455. The van der Waals surface area contributed by atoms with Crippen LogP contribution in [0.5, 0.6) is 5.75 Å². The van der Waals surface area contributed by atoms with Crippen LogP contribution in [0.4, 0.5) is 5.82 Å². The summed E-state index contributed by atoms with van der Waals surface area (Å²) < 4.78 is 7.36. The van der Waals surface area contributed by atoms with Crippen LogP contribution in [0.3, 0.4) is 0 Å². The number of carbonyl (C=O) groups is 1. The van der Waals surface area contributed by atoms with Crippen molar-refractivity contribution in [3.05, 3.63) is 41.1 Å². The summed E-state index contributed by atoms with van der Waals surface area (Å²) in [6, 6.07) is 10.3. The van der Waals surface area contributed by atoms with Gasteiger partial charge in [0.05, 0.1) is 18.4 Å². The molecule has 3 rings (SSSR count). The third kappa shape index (κ3) is 4.36. The van der Waals surface area contributed by atoms with Crippen LogP contribution in [0.15, 0.2) is 29.2 Å². The number of nitrogens with zero attached hydrogens (tertiary/aromatic N) is 2. The molecule has 6 heteroatoms. The molecule has 1 amide bonds. The Kier molecular flexibility index (Phi) is 6.69. The Labute approximate surface area is 171 Å². The van der Waals surface area contributed by atoms with Crippen molar-refractivity contribution in [2.45, 2.75) is 56.9 Å². The summed E-state index contributed by atoms with van der Waals surface area (Å²) in [5, 5.41) is 12.7. The fourth-order valence-electron chi connectivity index (χ4n) is 3.87. The highest BCUT2D eigenvalue weighted by Gasteiger charge is 2.25. The molecule has 0 radical (unpaired) electrons. The van der Waals surface area contributed by atoms with Crippen molar-refractivity contribution in [1.29, 1.82) is 5.26 Å². The van der Waals surface area contributed by atoms with E-state index in [2.05, 4.69) is 16.0 Å². The van der Waals surface area contributed by atoms with Crippen LogP contribution in [0.1, 0.15) is 55.0 Å². The van der Waals surface area contributed by atoms with Gasteiger partial charge in [-0.3, -0.25) is 4.79 Å². The Morgan fingerprint density at radius 2 is 1.93 bits per heavy atom. The molecular weight excluding hydrogens is 370 g/mol. The quantitative estimate of drug-likeness (QED) is 0.679. The van der Waals surface area contributed by atoms with E-state index in [0.29, 0.717) is 23.2 Å². The van der Waals surface area contributed by atoms with Crippen molar-refractivity contribution in [3.8, 4) is 11.8 Å². The molecule has 1 aromatic carbocycles. The number of carbonyl (C=O) groups excluding carboxylic acids is 1. The first kappa shape index (κ1) is 20.3. The summed E-state index contributed by atoms with van der Waals surface area (Å²) in [6.45, 7) is 4.02. The van der Waals surface area contributed by atoms with Crippen LogP contribution in [-0.4, -0.2) is 23.3 Å². The second-order valence-electron chi connectivity index (χ2n) is 7.22. The summed E-state index contributed by atoms with van der Waals surface area (Å²) in [5.41, 5.74) is 2.64. The van der Waals surface area contributed by atoms with E-state index in [9.17, 15) is 10.1 Å². The number of benzene rings is 1. The number of nitriles is 1. The van der Waals surface area contributed by atoms with Gasteiger partial charge in [0.15, 0.2) is 0 Å². The SMILES string of the molecule is COc1ccc(SCC(=O)Nc2c(C#N)c(C)c(C)n2C2CCCCC2)cc1. The van der Waals surface area contributed by atoms with Crippen molar-refractivity contribution in [2.75, 3.05) is 18.2 Å². The molecule has 1 aliphatic carbocycles. The number of nitrogens with one attached hydrogen (secondary N) is 1. The third-order valence-corrected chi connectivity index (χ3v) is 6.51. The molecule has 1 heterocycles. The molecule has 0 saturated heterocycles. The lowest BCUT2D eigenvalue weighted by Crippen LogP contribution is -2.21. The molecule has 5 nitrogen and oxygen atoms in total. The molecule has 0 bridgehead atoms. The predicted molar refractivity (Wildman–Crippen MR) is 113 cm³/mol. The average Bonchev–Trinajstić information content (AvgIpc) is 2.96. The highest BCUT2D eigenvalue weighted by atomic mass is 32.2. The highest BCUT2D eigenvalue weighted by Crippen LogP contribution is 2.36. The van der Waals surface area contributed by atoms with Gasteiger partial charge >= 0.3 is 0 Å². The van der Waals surface area contributed by atoms with Gasteiger partial charge in [-0.2, -0.15) is 5.26 Å². The molecule has 148 valence electrons. The molecule has 1 aromatic heterocycles. The normalized spacial score (nSPS) is 14.5. The smallest absolute Gasteiger partial charge is 0.235 e. The van der Waals surface area contributed by atoms with Crippen molar-refractivity contribution < 1.29 is 9.53 Å². The van der Waals surface area contributed by atoms with E-state index >= 15 is 0 Å². The molecule has 1 saturated carbocycles. The van der Waals surface area contributed by atoms with Crippen LogP contribution >= 0.6 is 11.8 Å². The van der Waals surface area contributed by atoms with Crippen molar-refractivity contribution in [3.63, 3.8) is 0 Å². The van der Waals surface area contributed by atoms with Gasteiger partial charge in [-0.15, -0.1) is 11.8 Å². The van der Waals surface area contributed by atoms with Crippen LogP contribution in [0.25, 0.3) is 0 Å². The van der Waals surface area contributed by atoms with E-state index in [1.807, 2.05) is 38.1 Å². The van der Waals surface area contributed by atoms with Gasteiger partial charge in [0.1, 0.15) is 17.6 Å². The summed E-state index contributed by atoms with van der Waals surface area (Å²) >= 11 is 1.47. The molecule has 0 atom stereocenters. The minimum atomic E-state index is -0.0909. The minimum Gasteiger partial charge on any atom is -0.497 e. The van der Waals surface area contributed by atoms with Gasteiger partial charge in [0, 0.05) is 16.6 Å². The maximum Gasteiger partial charge on any atom is 0.235 e. The lowest BCUT2D eigenvalue weighted by molar-refractivity contribution is -0.113. The Balaban J connectivity index is 1.75. The molecule has 0 spiro atoms. The second kappa shape index (κ2) is 9.20. The zero-order valence-corrected chi connectivity index (χ0v) is 17.6. The zero-order chi connectivity index (χ0) is 20.1. The molecular formula is C22H27N3O2S. The van der Waals surface area contributed by atoms with Gasteiger partial charge in [-0.1, -0.05) is 19.3 Å². The van der Waals surface area contributed by atoms with E-state index in [1.54, 1.807) is 7.11 Å². The molecule has 0 unspecified atom stereocenters. The molecule has 28 heavy (non-hydrogen) atoms. The molecule has 0 aliphatic heterocycles. The van der Waals surface area contributed by atoms with Crippen molar-refractivity contribution in [1.82, 2.24) is 4.57 Å². The molecule has 1 N–H and O–H groups in total. The average molecular weight is 398 g/mol. The van der Waals surface area contributed by atoms with E-state index < -0.39 is 0 Å². The predicted octanol–water partition coefficient (Wildman–Crippen LogP) is 5.22. The largest absolute Gasteiger partial charge is 0.497 e. The molecule has 1 fully saturated rings. The number of aromatic nitrogens is 1. The Bertz CT molecular complexity index is 875. The van der Waals surface area contributed by atoms with Gasteiger partial charge in [-0.25, -0.2) is 0 Å². The number of anilines is 1. The zero-order valence-electron chi connectivity index (χ0n) is 16.7. The monoisotopic (exact) mass is 397 g/mol. The third-order valence-electron chi connectivity index (χ3n) is 5.50. The Hall–Kier alpha value is -2.39. The number of ether oxygens (including phenoxy) is 1. The lowest BCUT2D eigenvalue weighted by Gasteiger charge is -2.27. The second-order valence-corrected chi connectivity index (χ2v) is 8.27. The first-order valence-electron chi connectivity index (χ1n) is 9.73. The fourth-order valence-corrected chi connectivity index (χ4v) is 4.57. The number of rotatable bonds is 6. The van der Waals surface area contributed by atoms with Gasteiger partial charge in [0.25, 0.3) is 0 Å². The summed E-state index contributed by atoms with van der Waals surface area (Å²) in [4.78, 5) is 13.7. The summed E-state index contributed by atoms with van der Waals surface area (Å²) in [5.74, 6) is 1.67. The number of hydrogen-bond donors (Lipinski definition) is 1. The lowest BCUT2D eigenvalue weighted by atomic mass is 9.95. The van der Waals surface area contributed by atoms with E-state index in [1.165, 1.54) is 31.0 Å². The number of methoxy groups -OCH3 is 1. The van der Waals surface area contributed by atoms with Crippen LogP contribution in [0, 0.1) is 25.2 Å². The van der Waals surface area contributed by atoms with E-state index in [-0.39, 0.29) is 5.91 Å². The van der Waals surface area contributed by atoms with Crippen molar-refractivity contribution in [2.24, 2.45) is 0 Å². The number of amides is 1. The number of hydrogen-bond acceptors (Lipinski definition) is 4. The van der Waals surface area contributed by atoms with Gasteiger partial charge < -0.3 is 14.6 Å². The highest BCUT2D eigenvalue weighted by molar-refractivity contribution is 8.00. The first-order valence-corrected chi connectivity index (χ1v) is 10.7. The van der Waals surface area contributed by atoms with Crippen LogP contribution in [-0.2, 0) is 4.79 Å².